The second-order valence-corrected chi connectivity index (χ2v) is 8.93. The Morgan fingerprint density at radius 3 is 2.68 bits per heavy atom. The normalized spacial score (nSPS) is 17.9. The van der Waals surface area contributed by atoms with E-state index in [9.17, 15) is 13.2 Å². The Kier molecular flexibility index (Phi) is 6.17. The van der Waals surface area contributed by atoms with Crippen molar-refractivity contribution in [1.29, 1.82) is 0 Å². The molecule has 0 bridgehead atoms. The lowest BCUT2D eigenvalue weighted by atomic mass is 10.1. The van der Waals surface area contributed by atoms with Crippen LogP contribution in [0.1, 0.15) is 25.3 Å². The summed E-state index contributed by atoms with van der Waals surface area (Å²) in [5.74, 6) is -0.213. The van der Waals surface area contributed by atoms with Crippen LogP contribution in [0.4, 0.5) is 5.69 Å². The molecule has 0 aliphatic carbocycles. The summed E-state index contributed by atoms with van der Waals surface area (Å²) < 4.78 is 33.4. The summed E-state index contributed by atoms with van der Waals surface area (Å²) in [7, 11) is -3.69. The lowest BCUT2D eigenvalue weighted by Gasteiger charge is -2.31. The lowest BCUT2D eigenvalue weighted by Crippen LogP contribution is -2.44. The number of halogens is 1. The van der Waals surface area contributed by atoms with Crippen LogP contribution < -0.4 is 10.1 Å². The summed E-state index contributed by atoms with van der Waals surface area (Å²) >= 11 is 5.77. The van der Waals surface area contributed by atoms with E-state index in [2.05, 4.69) is 15.3 Å². The quantitative estimate of drug-likeness (QED) is 0.791. The van der Waals surface area contributed by atoms with Gasteiger partial charge in [0.25, 0.3) is 0 Å². The summed E-state index contributed by atoms with van der Waals surface area (Å²) in [4.78, 5) is 19.4. The Labute approximate surface area is 168 Å². The van der Waals surface area contributed by atoms with Crippen molar-refractivity contribution >= 4 is 33.2 Å². The highest BCUT2D eigenvalue weighted by Gasteiger charge is 2.32. The number of anilines is 1. The fourth-order valence-electron chi connectivity index (χ4n) is 3.09. The maximum absolute atomic E-state index is 13.1. The third-order valence-corrected chi connectivity index (χ3v) is 6.54. The molecule has 2 heterocycles. The molecule has 1 fully saturated rings. The number of hydrogen-bond acceptors (Lipinski definition) is 6. The van der Waals surface area contributed by atoms with Gasteiger partial charge in [-0.3, -0.25) is 4.79 Å². The Morgan fingerprint density at radius 2 is 2.04 bits per heavy atom. The minimum absolute atomic E-state index is 0.171. The number of nitrogens with one attached hydrogen (secondary N) is 1. The van der Waals surface area contributed by atoms with Gasteiger partial charge in [0.05, 0.1) is 28.9 Å². The average Bonchev–Trinajstić information content (AvgIpc) is 2.63. The second kappa shape index (κ2) is 8.42. The van der Waals surface area contributed by atoms with E-state index in [-0.39, 0.29) is 29.5 Å². The zero-order chi connectivity index (χ0) is 20.3. The van der Waals surface area contributed by atoms with Gasteiger partial charge in [0.1, 0.15) is 6.10 Å². The summed E-state index contributed by atoms with van der Waals surface area (Å²) in [5, 5.41) is 3.05. The van der Waals surface area contributed by atoms with Gasteiger partial charge in [-0.1, -0.05) is 11.6 Å². The molecule has 2 aromatic rings. The molecule has 3 rings (SSSR count). The number of carbonyl (C=O) groups excluding carboxylic acids is 1. The molecule has 28 heavy (non-hydrogen) atoms. The maximum atomic E-state index is 13.1. The Bertz CT molecular complexity index is 966. The predicted molar refractivity (Wildman–Crippen MR) is 105 cm³/mol. The van der Waals surface area contributed by atoms with Crippen molar-refractivity contribution in [1.82, 2.24) is 14.3 Å². The van der Waals surface area contributed by atoms with Crippen molar-refractivity contribution in [3.8, 4) is 6.01 Å². The average molecular weight is 425 g/mol. The van der Waals surface area contributed by atoms with Crippen LogP contribution in [0.3, 0.4) is 0 Å². The van der Waals surface area contributed by atoms with Gasteiger partial charge in [0, 0.05) is 19.2 Å². The van der Waals surface area contributed by atoms with Crippen LogP contribution in [0.15, 0.2) is 35.5 Å². The number of hydrogen-bond donors (Lipinski definition) is 1. The van der Waals surface area contributed by atoms with E-state index in [0.29, 0.717) is 35.7 Å². The van der Waals surface area contributed by atoms with Crippen molar-refractivity contribution in [3.05, 3.63) is 41.2 Å². The Hall–Kier alpha value is -2.23. The van der Waals surface area contributed by atoms with Gasteiger partial charge in [0.2, 0.25) is 15.9 Å². The number of aryl methyl sites for hydroxylation is 1. The number of aromatic nitrogens is 2. The SMILES string of the molecule is CC(=O)Nc1ccc(S(=O)(=O)N2CCC[C@H](Oc3ncc(Cl)cn3)C2)c(C)c1. The van der Waals surface area contributed by atoms with Gasteiger partial charge >= 0.3 is 6.01 Å². The highest BCUT2D eigenvalue weighted by Crippen LogP contribution is 2.26. The van der Waals surface area contributed by atoms with Gasteiger partial charge in [0.15, 0.2) is 0 Å². The van der Waals surface area contributed by atoms with Crippen molar-refractivity contribution < 1.29 is 17.9 Å². The smallest absolute Gasteiger partial charge is 0.316 e. The van der Waals surface area contributed by atoms with Crippen molar-refractivity contribution in [2.24, 2.45) is 0 Å². The van der Waals surface area contributed by atoms with Gasteiger partial charge in [-0.15, -0.1) is 0 Å². The molecule has 150 valence electrons. The highest BCUT2D eigenvalue weighted by molar-refractivity contribution is 7.89. The molecule has 0 radical (unpaired) electrons. The standard InChI is InChI=1S/C18H21ClN4O4S/c1-12-8-15(22-13(2)24)5-6-17(12)28(25,26)23-7-3-4-16(11-23)27-18-20-9-14(19)10-21-18/h5-6,8-10,16H,3-4,7,11H2,1-2H3,(H,22,24)/t16-/m0/s1. The van der Waals surface area contributed by atoms with Gasteiger partial charge in [-0.05, 0) is 43.5 Å². The van der Waals surface area contributed by atoms with Gasteiger partial charge in [-0.2, -0.15) is 4.31 Å². The lowest BCUT2D eigenvalue weighted by molar-refractivity contribution is -0.114. The number of rotatable bonds is 5. The van der Waals surface area contributed by atoms with Crippen molar-refractivity contribution in [2.75, 3.05) is 18.4 Å². The number of piperidine rings is 1. The third-order valence-electron chi connectivity index (χ3n) is 4.32. The zero-order valence-corrected chi connectivity index (χ0v) is 17.1. The molecule has 1 saturated heterocycles. The molecule has 1 amide bonds. The van der Waals surface area contributed by atoms with Crippen molar-refractivity contribution in [3.63, 3.8) is 0 Å². The molecule has 1 N–H and O–H groups in total. The van der Waals surface area contributed by atoms with Crippen LogP contribution in [0, 0.1) is 6.92 Å². The number of carbonyl (C=O) groups is 1. The maximum Gasteiger partial charge on any atom is 0.316 e. The molecule has 0 saturated carbocycles. The fraction of sp³-hybridized carbons (Fsp3) is 0.389. The van der Waals surface area contributed by atoms with E-state index >= 15 is 0 Å². The third kappa shape index (κ3) is 4.78. The van der Waals surface area contributed by atoms with E-state index in [1.807, 2.05) is 0 Å². The number of sulfonamides is 1. The monoisotopic (exact) mass is 424 g/mol. The molecular weight excluding hydrogens is 404 g/mol. The van der Waals surface area contributed by atoms with Crippen LogP contribution >= 0.6 is 11.6 Å². The van der Waals surface area contributed by atoms with E-state index in [1.54, 1.807) is 19.1 Å². The number of ether oxygens (including phenoxy) is 1. The van der Waals surface area contributed by atoms with Gasteiger partial charge in [-0.25, -0.2) is 18.4 Å². The fourth-order valence-corrected chi connectivity index (χ4v) is 4.90. The van der Waals surface area contributed by atoms with Crippen LogP contribution in [-0.2, 0) is 14.8 Å². The van der Waals surface area contributed by atoms with E-state index in [1.165, 1.54) is 29.7 Å². The molecule has 1 aromatic carbocycles. The largest absolute Gasteiger partial charge is 0.459 e. The first-order valence-corrected chi connectivity index (χ1v) is 10.6. The molecule has 8 nitrogen and oxygen atoms in total. The second-order valence-electron chi connectivity index (χ2n) is 6.59. The van der Waals surface area contributed by atoms with Crippen molar-refractivity contribution in [2.45, 2.75) is 37.7 Å². The number of nitrogens with zero attached hydrogens (tertiary/aromatic N) is 3. The summed E-state index contributed by atoms with van der Waals surface area (Å²) in [6, 6.07) is 4.92. The highest BCUT2D eigenvalue weighted by atomic mass is 35.5. The summed E-state index contributed by atoms with van der Waals surface area (Å²) in [5.41, 5.74) is 1.12. The van der Waals surface area contributed by atoms with E-state index < -0.39 is 10.0 Å². The van der Waals surface area contributed by atoms with Crippen LogP contribution in [0.5, 0.6) is 6.01 Å². The Balaban J connectivity index is 1.75. The van der Waals surface area contributed by atoms with Crippen LogP contribution in [0.2, 0.25) is 5.02 Å². The molecule has 0 unspecified atom stereocenters. The topological polar surface area (TPSA) is 101 Å². The first kappa shape index (κ1) is 20.5. The molecule has 1 atom stereocenters. The molecule has 1 aromatic heterocycles. The zero-order valence-electron chi connectivity index (χ0n) is 15.6. The van der Waals surface area contributed by atoms with Gasteiger partial charge < -0.3 is 10.1 Å². The van der Waals surface area contributed by atoms with E-state index in [0.717, 1.165) is 0 Å². The molecule has 10 heteroatoms. The molecule has 1 aliphatic heterocycles. The number of amides is 1. The summed E-state index contributed by atoms with van der Waals surface area (Å²) in [6.07, 6.45) is 3.89. The first-order chi connectivity index (χ1) is 13.3. The molecule has 0 spiro atoms. The summed E-state index contributed by atoms with van der Waals surface area (Å²) in [6.45, 7) is 3.73. The van der Waals surface area contributed by atoms with Crippen LogP contribution in [0.25, 0.3) is 0 Å². The molecule has 1 aliphatic rings. The minimum atomic E-state index is -3.69. The predicted octanol–water partition coefficient (Wildman–Crippen LogP) is 2.63. The Morgan fingerprint density at radius 1 is 1.32 bits per heavy atom. The van der Waals surface area contributed by atoms with E-state index in [4.69, 9.17) is 16.3 Å². The number of benzene rings is 1. The first-order valence-electron chi connectivity index (χ1n) is 8.78. The van der Waals surface area contributed by atoms with Crippen LogP contribution in [-0.4, -0.2) is 47.8 Å². The minimum Gasteiger partial charge on any atom is -0.459 e. The molecular formula is C18H21ClN4O4S.